The van der Waals surface area contributed by atoms with Crippen LogP contribution in [0, 0.1) is 17.2 Å². The van der Waals surface area contributed by atoms with Crippen molar-refractivity contribution in [1.82, 2.24) is 4.31 Å². The normalized spacial score (nSPS) is 19.6. The lowest BCUT2D eigenvalue weighted by atomic mass is 9.98. The fourth-order valence-electron chi connectivity index (χ4n) is 3.08. The molecule has 1 atom stereocenters. The molecule has 1 aromatic carbocycles. The number of rotatable bonds is 4. The van der Waals surface area contributed by atoms with Crippen LogP contribution in [0.4, 0.5) is 0 Å². The van der Waals surface area contributed by atoms with Gasteiger partial charge in [0, 0.05) is 25.6 Å². The van der Waals surface area contributed by atoms with E-state index in [-0.39, 0.29) is 18.0 Å². The van der Waals surface area contributed by atoms with Crippen LogP contribution in [0.15, 0.2) is 23.1 Å². The Morgan fingerprint density at radius 1 is 1.26 bits per heavy atom. The maximum Gasteiger partial charge on any atom is 0.310 e. The second-order valence-corrected chi connectivity index (χ2v) is 8.48. The van der Waals surface area contributed by atoms with Crippen molar-refractivity contribution in [3.8, 4) is 17.6 Å². The van der Waals surface area contributed by atoms with Crippen LogP contribution >= 0.6 is 0 Å². The van der Waals surface area contributed by atoms with Gasteiger partial charge in [0.25, 0.3) is 0 Å². The molecule has 1 aromatic rings. The predicted molar refractivity (Wildman–Crippen MR) is 94.7 cm³/mol. The molecule has 0 amide bonds. The van der Waals surface area contributed by atoms with Gasteiger partial charge in [-0.05, 0) is 31.9 Å². The minimum atomic E-state index is -3.69. The van der Waals surface area contributed by atoms with Gasteiger partial charge in [0.15, 0.2) is 17.6 Å². The van der Waals surface area contributed by atoms with Crippen LogP contribution in [-0.2, 0) is 19.6 Å². The van der Waals surface area contributed by atoms with Crippen LogP contribution in [0.25, 0.3) is 0 Å². The maximum absolute atomic E-state index is 12.9. The molecule has 27 heavy (non-hydrogen) atoms. The Kier molecular flexibility index (Phi) is 5.87. The minimum Gasteiger partial charge on any atom is -0.490 e. The molecule has 0 spiro atoms. The average molecular weight is 394 g/mol. The third-order valence-electron chi connectivity index (χ3n) is 4.62. The summed E-state index contributed by atoms with van der Waals surface area (Å²) in [5.74, 6) is 0.129. The number of carbonyl (C=O) groups is 1. The van der Waals surface area contributed by atoms with E-state index in [1.165, 1.54) is 23.4 Å². The van der Waals surface area contributed by atoms with Gasteiger partial charge in [-0.2, -0.15) is 9.57 Å². The Bertz CT molecular complexity index is 840. The second kappa shape index (κ2) is 8.15. The number of piperidine rings is 1. The number of benzene rings is 1. The van der Waals surface area contributed by atoms with Gasteiger partial charge >= 0.3 is 5.97 Å². The molecule has 0 N–H and O–H groups in total. The fraction of sp³-hybridized carbons (Fsp3) is 0.556. The highest BCUT2D eigenvalue weighted by atomic mass is 32.2. The number of carbonyl (C=O) groups excluding carboxylic acids is 1. The smallest absolute Gasteiger partial charge is 0.310 e. The van der Waals surface area contributed by atoms with Gasteiger partial charge in [0.05, 0.1) is 24.0 Å². The molecule has 1 fully saturated rings. The Hall–Kier alpha value is -2.31. The van der Waals surface area contributed by atoms with Crippen molar-refractivity contribution >= 4 is 16.0 Å². The number of hydrogen-bond acceptors (Lipinski definition) is 7. The summed E-state index contributed by atoms with van der Waals surface area (Å²) in [6.45, 7) is 2.95. The van der Waals surface area contributed by atoms with Crippen LogP contribution in [0.5, 0.6) is 11.5 Å². The topological polar surface area (TPSA) is 106 Å². The Morgan fingerprint density at radius 2 is 1.93 bits per heavy atom. The molecule has 2 aliphatic rings. The molecule has 0 saturated carbocycles. The first kappa shape index (κ1) is 19.5. The molecule has 3 rings (SSSR count). The highest BCUT2D eigenvalue weighted by molar-refractivity contribution is 7.89. The molecule has 9 heteroatoms. The predicted octanol–water partition coefficient (Wildman–Crippen LogP) is 1.70. The van der Waals surface area contributed by atoms with E-state index in [4.69, 9.17) is 19.5 Å². The van der Waals surface area contributed by atoms with Crippen molar-refractivity contribution in [2.24, 2.45) is 5.92 Å². The maximum atomic E-state index is 12.9. The molecular weight excluding hydrogens is 372 g/mol. The minimum absolute atomic E-state index is 0.144. The zero-order chi connectivity index (χ0) is 19.4. The number of fused-ring (bicyclic) bond motifs is 1. The Balaban J connectivity index is 1.68. The van der Waals surface area contributed by atoms with E-state index in [9.17, 15) is 13.2 Å². The van der Waals surface area contributed by atoms with E-state index in [0.717, 1.165) is 6.42 Å². The summed E-state index contributed by atoms with van der Waals surface area (Å²) >= 11 is 0. The molecule has 1 saturated heterocycles. The van der Waals surface area contributed by atoms with E-state index in [0.29, 0.717) is 37.6 Å². The number of hydrogen-bond donors (Lipinski definition) is 0. The molecule has 0 radical (unpaired) electrons. The zero-order valence-corrected chi connectivity index (χ0v) is 15.9. The highest BCUT2D eigenvalue weighted by Crippen LogP contribution is 2.33. The second-order valence-electron chi connectivity index (χ2n) is 6.55. The monoisotopic (exact) mass is 394 g/mol. The third kappa shape index (κ3) is 4.34. The number of esters is 1. The Morgan fingerprint density at radius 3 is 2.59 bits per heavy atom. The number of sulfonamides is 1. The van der Waals surface area contributed by atoms with Gasteiger partial charge in [-0.3, -0.25) is 4.79 Å². The van der Waals surface area contributed by atoms with E-state index in [1.807, 2.05) is 6.07 Å². The van der Waals surface area contributed by atoms with Crippen molar-refractivity contribution in [3.05, 3.63) is 18.2 Å². The summed E-state index contributed by atoms with van der Waals surface area (Å²) in [5, 5.41) is 8.72. The number of ether oxygens (including phenoxy) is 3. The van der Waals surface area contributed by atoms with Gasteiger partial charge in [0.2, 0.25) is 10.0 Å². The molecule has 8 nitrogen and oxygen atoms in total. The van der Waals surface area contributed by atoms with Crippen LogP contribution in [0.3, 0.4) is 0 Å². The van der Waals surface area contributed by atoms with Gasteiger partial charge < -0.3 is 14.2 Å². The summed E-state index contributed by atoms with van der Waals surface area (Å²) in [6.07, 6.45) is 0.660. The summed E-state index contributed by atoms with van der Waals surface area (Å²) in [5.41, 5.74) is 0. The zero-order valence-electron chi connectivity index (χ0n) is 15.1. The Labute approximate surface area is 158 Å². The number of nitriles is 1. The lowest BCUT2D eigenvalue weighted by molar-refractivity contribution is -0.152. The van der Waals surface area contributed by atoms with Crippen LogP contribution < -0.4 is 9.47 Å². The lowest BCUT2D eigenvalue weighted by Crippen LogP contribution is -2.41. The van der Waals surface area contributed by atoms with Gasteiger partial charge in [-0.25, -0.2) is 8.42 Å². The van der Waals surface area contributed by atoms with Gasteiger partial charge in [-0.1, -0.05) is 0 Å². The van der Waals surface area contributed by atoms with Crippen molar-refractivity contribution in [2.75, 3.05) is 26.3 Å². The standard InChI is InChI=1S/C18H22N2O6S/c1-13(12-19)26-18(21)14-5-7-20(8-6-14)27(22,23)15-3-4-16-17(11-15)25-10-2-9-24-16/h3-4,11,13-14H,2,5-10H2,1H3/t13-/m0/s1. The first-order valence-corrected chi connectivity index (χ1v) is 10.4. The van der Waals surface area contributed by atoms with Crippen LogP contribution in [0.2, 0.25) is 0 Å². The van der Waals surface area contributed by atoms with E-state index >= 15 is 0 Å². The lowest BCUT2D eigenvalue weighted by Gasteiger charge is -2.30. The molecule has 0 aromatic heterocycles. The highest BCUT2D eigenvalue weighted by Gasteiger charge is 2.33. The van der Waals surface area contributed by atoms with E-state index in [2.05, 4.69) is 0 Å². The fourth-order valence-corrected chi connectivity index (χ4v) is 4.57. The van der Waals surface area contributed by atoms with Crippen molar-refractivity contribution < 1.29 is 27.4 Å². The molecule has 2 aliphatic heterocycles. The molecule has 0 bridgehead atoms. The van der Waals surface area contributed by atoms with Crippen LogP contribution in [-0.4, -0.2) is 51.1 Å². The third-order valence-corrected chi connectivity index (χ3v) is 6.51. The van der Waals surface area contributed by atoms with Crippen LogP contribution in [0.1, 0.15) is 26.2 Å². The van der Waals surface area contributed by atoms with Gasteiger partial charge in [0.1, 0.15) is 6.07 Å². The first-order valence-electron chi connectivity index (χ1n) is 8.91. The summed E-state index contributed by atoms with van der Waals surface area (Å²) in [6, 6.07) is 6.46. The summed E-state index contributed by atoms with van der Waals surface area (Å²) < 4.78 is 43.4. The first-order chi connectivity index (χ1) is 12.9. The van der Waals surface area contributed by atoms with E-state index in [1.54, 1.807) is 6.07 Å². The number of nitrogens with zero attached hydrogens (tertiary/aromatic N) is 2. The summed E-state index contributed by atoms with van der Waals surface area (Å²) in [7, 11) is -3.69. The molecule has 0 aliphatic carbocycles. The molecule has 146 valence electrons. The summed E-state index contributed by atoms with van der Waals surface area (Å²) in [4.78, 5) is 12.2. The SMILES string of the molecule is C[C@@H](C#N)OC(=O)C1CCN(S(=O)(=O)c2ccc3c(c2)OCCCO3)CC1. The molecule has 2 heterocycles. The van der Waals surface area contributed by atoms with Crippen molar-refractivity contribution in [2.45, 2.75) is 37.2 Å². The van der Waals surface area contributed by atoms with Gasteiger partial charge in [-0.15, -0.1) is 0 Å². The van der Waals surface area contributed by atoms with E-state index < -0.39 is 28.0 Å². The average Bonchev–Trinajstić information content (AvgIpc) is 2.92. The quantitative estimate of drug-likeness (QED) is 0.716. The largest absolute Gasteiger partial charge is 0.490 e. The molecular formula is C18H22N2O6S. The van der Waals surface area contributed by atoms with Crippen molar-refractivity contribution in [1.29, 1.82) is 5.26 Å². The molecule has 0 unspecified atom stereocenters. The van der Waals surface area contributed by atoms with Crippen molar-refractivity contribution in [3.63, 3.8) is 0 Å².